The van der Waals surface area contributed by atoms with E-state index >= 15 is 0 Å². The minimum Gasteiger partial charge on any atom is -0.344 e. The van der Waals surface area contributed by atoms with E-state index in [4.69, 9.17) is 11.6 Å². The smallest absolute Gasteiger partial charge is 0.245 e. The molecule has 1 saturated heterocycles. The highest BCUT2D eigenvalue weighted by Gasteiger charge is 2.35. The summed E-state index contributed by atoms with van der Waals surface area (Å²) in [5.41, 5.74) is 0. The fourth-order valence-electron chi connectivity index (χ4n) is 2.36. The second-order valence-electron chi connectivity index (χ2n) is 5.51. The lowest BCUT2D eigenvalue weighted by Crippen LogP contribution is -2.48. The zero-order valence-corrected chi connectivity index (χ0v) is 13.4. The maximum absolute atomic E-state index is 12.6. The molecule has 2 amide bonds. The van der Waals surface area contributed by atoms with E-state index < -0.39 is 6.04 Å². The largest absolute Gasteiger partial charge is 0.344 e. The minimum atomic E-state index is -0.442. The maximum atomic E-state index is 12.6. The van der Waals surface area contributed by atoms with Crippen LogP contribution >= 0.6 is 22.9 Å². The molecule has 0 bridgehead atoms. The molecular formula is C14H19ClN2O2S. The number of nitrogens with one attached hydrogen (secondary N) is 1. The van der Waals surface area contributed by atoms with Crippen LogP contribution in [-0.2, 0) is 16.1 Å². The van der Waals surface area contributed by atoms with Crippen LogP contribution in [0.25, 0.3) is 0 Å². The average Bonchev–Trinajstić information content (AvgIpc) is 2.73. The van der Waals surface area contributed by atoms with Gasteiger partial charge in [0.25, 0.3) is 0 Å². The van der Waals surface area contributed by atoms with E-state index in [1.54, 1.807) is 4.90 Å². The molecule has 1 aliphatic rings. The lowest BCUT2D eigenvalue weighted by atomic mass is 10.0. The van der Waals surface area contributed by atoms with Crippen molar-refractivity contribution in [3.8, 4) is 0 Å². The first-order valence-electron chi connectivity index (χ1n) is 6.72. The summed E-state index contributed by atoms with van der Waals surface area (Å²) in [7, 11) is 0. The molecule has 2 heterocycles. The molecule has 20 heavy (non-hydrogen) atoms. The molecule has 1 N–H and O–H groups in total. The molecule has 1 aliphatic heterocycles. The Kier molecular flexibility index (Phi) is 4.70. The Balaban J connectivity index is 2.23. The van der Waals surface area contributed by atoms with Gasteiger partial charge in [-0.25, -0.2) is 0 Å². The summed E-state index contributed by atoms with van der Waals surface area (Å²) in [6.07, 6.45) is 0.341. The van der Waals surface area contributed by atoms with Crippen LogP contribution in [0.1, 0.15) is 32.1 Å². The Morgan fingerprint density at radius 3 is 2.70 bits per heavy atom. The van der Waals surface area contributed by atoms with E-state index in [9.17, 15) is 9.59 Å². The second-order valence-corrected chi connectivity index (χ2v) is 7.31. The van der Waals surface area contributed by atoms with Crippen molar-refractivity contribution >= 4 is 34.8 Å². The Bertz CT molecular complexity index is 515. The number of hydrogen-bond donors (Lipinski definition) is 1. The van der Waals surface area contributed by atoms with E-state index in [0.29, 0.717) is 17.3 Å². The van der Waals surface area contributed by atoms with Gasteiger partial charge in [-0.15, -0.1) is 11.3 Å². The quantitative estimate of drug-likeness (QED) is 0.932. The molecule has 1 fully saturated rings. The number of carbonyl (C=O) groups is 2. The summed E-state index contributed by atoms with van der Waals surface area (Å²) >= 11 is 7.40. The molecule has 0 aliphatic carbocycles. The monoisotopic (exact) mass is 314 g/mol. The zero-order valence-electron chi connectivity index (χ0n) is 11.9. The first-order chi connectivity index (χ1) is 9.38. The van der Waals surface area contributed by atoms with Crippen LogP contribution in [0.4, 0.5) is 0 Å². The first kappa shape index (κ1) is 15.3. The molecule has 2 unspecified atom stereocenters. The van der Waals surface area contributed by atoms with Gasteiger partial charge < -0.3 is 10.2 Å². The molecule has 4 nitrogen and oxygen atoms in total. The summed E-state index contributed by atoms with van der Waals surface area (Å²) in [4.78, 5) is 27.3. The van der Waals surface area contributed by atoms with Crippen molar-refractivity contribution in [2.75, 3.05) is 0 Å². The number of thiophene rings is 1. The molecule has 1 aromatic heterocycles. The maximum Gasteiger partial charge on any atom is 0.245 e. The van der Waals surface area contributed by atoms with Crippen molar-refractivity contribution in [1.82, 2.24) is 10.2 Å². The molecule has 0 spiro atoms. The van der Waals surface area contributed by atoms with Crippen LogP contribution in [0.3, 0.4) is 0 Å². The van der Waals surface area contributed by atoms with Gasteiger partial charge in [-0.3, -0.25) is 9.59 Å². The molecule has 6 heteroatoms. The van der Waals surface area contributed by atoms with Gasteiger partial charge in [0.05, 0.1) is 10.9 Å². The summed E-state index contributed by atoms with van der Waals surface area (Å²) in [5, 5.41) is 2.83. The molecule has 2 rings (SSSR count). The SMILES string of the molecule is CC(C)C1NC(=O)CC(C)N(Cc2ccc(Cl)s2)C1=O. The number of halogens is 1. The first-order valence-corrected chi connectivity index (χ1v) is 7.92. The Labute approximate surface area is 128 Å². The number of rotatable bonds is 3. The van der Waals surface area contributed by atoms with Crippen molar-refractivity contribution in [2.24, 2.45) is 5.92 Å². The van der Waals surface area contributed by atoms with Gasteiger partial charge >= 0.3 is 0 Å². The van der Waals surface area contributed by atoms with Crippen molar-refractivity contribution in [3.63, 3.8) is 0 Å². The van der Waals surface area contributed by atoms with Gasteiger partial charge in [0.1, 0.15) is 6.04 Å². The van der Waals surface area contributed by atoms with Crippen molar-refractivity contribution in [2.45, 2.75) is 45.8 Å². The van der Waals surface area contributed by atoms with E-state index in [0.717, 1.165) is 4.88 Å². The molecule has 110 valence electrons. The predicted octanol–water partition coefficient (Wildman–Crippen LogP) is 2.66. The van der Waals surface area contributed by atoms with Crippen LogP contribution < -0.4 is 5.32 Å². The summed E-state index contributed by atoms with van der Waals surface area (Å²) < 4.78 is 0.713. The zero-order chi connectivity index (χ0) is 14.9. The number of hydrogen-bond acceptors (Lipinski definition) is 3. The van der Waals surface area contributed by atoms with Crippen LogP contribution in [0.15, 0.2) is 12.1 Å². The van der Waals surface area contributed by atoms with Gasteiger partial charge in [0, 0.05) is 17.3 Å². The predicted molar refractivity (Wildman–Crippen MR) is 80.7 cm³/mol. The standard InChI is InChI=1S/C14H19ClN2O2S/c1-8(2)13-14(19)17(9(3)6-12(18)16-13)7-10-4-5-11(15)20-10/h4-5,8-9,13H,6-7H2,1-3H3,(H,16,18). The molecule has 0 radical (unpaired) electrons. The van der Waals surface area contributed by atoms with Crippen LogP contribution in [0.5, 0.6) is 0 Å². The van der Waals surface area contributed by atoms with Crippen LogP contribution in [0, 0.1) is 5.92 Å². The van der Waals surface area contributed by atoms with Crippen LogP contribution in [-0.4, -0.2) is 28.8 Å². The Hall–Kier alpha value is -1.07. The van der Waals surface area contributed by atoms with Crippen molar-refractivity contribution in [3.05, 3.63) is 21.3 Å². The van der Waals surface area contributed by atoms with Gasteiger partial charge in [0.2, 0.25) is 11.8 Å². The Morgan fingerprint density at radius 2 is 2.15 bits per heavy atom. The van der Waals surface area contributed by atoms with Gasteiger partial charge in [-0.2, -0.15) is 0 Å². The van der Waals surface area contributed by atoms with E-state index in [-0.39, 0.29) is 23.8 Å². The normalized spacial score (nSPS) is 23.9. The van der Waals surface area contributed by atoms with E-state index in [1.165, 1.54) is 11.3 Å². The number of carbonyl (C=O) groups excluding carboxylic acids is 2. The fraction of sp³-hybridized carbons (Fsp3) is 0.571. The summed E-state index contributed by atoms with van der Waals surface area (Å²) in [5.74, 6) is 0.00491. The number of nitrogens with zero attached hydrogens (tertiary/aromatic N) is 1. The lowest BCUT2D eigenvalue weighted by Gasteiger charge is -2.29. The van der Waals surface area contributed by atoms with Gasteiger partial charge in [-0.05, 0) is 25.0 Å². The van der Waals surface area contributed by atoms with Crippen molar-refractivity contribution < 1.29 is 9.59 Å². The van der Waals surface area contributed by atoms with Gasteiger partial charge in [-0.1, -0.05) is 25.4 Å². The number of amides is 2. The van der Waals surface area contributed by atoms with Crippen molar-refractivity contribution in [1.29, 1.82) is 0 Å². The third-order valence-corrected chi connectivity index (χ3v) is 4.72. The van der Waals surface area contributed by atoms with E-state index in [1.807, 2.05) is 32.9 Å². The third kappa shape index (κ3) is 3.33. The Morgan fingerprint density at radius 1 is 1.45 bits per heavy atom. The second kappa shape index (κ2) is 6.14. The minimum absolute atomic E-state index is 0.0112. The highest BCUT2D eigenvalue weighted by molar-refractivity contribution is 7.16. The fourth-order valence-corrected chi connectivity index (χ4v) is 3.45. The summed E-state index contributed by atoms with van der Waals surface area (Å²) in [6, 6.07) is 3.21. The molecule has 0 saturated carbocycles. The highest BCUT2D eigenvalue weighted by Crippen LogP contribution is 2.25. The molecule has 0 aromatic carbocycles. The van der Waals surface area contributed by atoms with E-state index in [2.05, 4.69) is 5.32 Å². The van der Waals surface area contributed by atoms with Gasteiger partial charge in [0.15, 0.2) is 0 Å². The summed E-state index contributed by atoms with van der Waals surface area (Å²) in [6.45, 7) is 6.31. The van der Waals surface area contributed by atoms with Crippen LogP contribution in [0.2, 0.25) is 4.34 Å². The molecule has 2 atom stereocenters. The molecular weight excluding hydrogens is 296 g/mol. The lowest BCUT2D eigenvalue weighted by molar-refractivity contribution is -0.136. The highest BCUT2D eigenvalue weighted by atomic mass is 35.5. The molecule has 1 aromatic rings. The average molecular weight is 315 g/mol. The third-order valence-electron chi connectivity index (χ3n) is 3.50. The topological polar surface area (TPSA) is 49.4 Å².